The molecule has 3 heterocycles. The minimum absolute atomic E-state index is 0.0277. The van der Waals surface area contributed by atoms with Gasteiger partial charge in [-0.15, -0.1) is 0 Å². The Labute approximate surface area is 201 Å². The van der Waals surface area contributed by atoms with Crippen LogP contribution in [0.4, 0.5) is 10.5 Å². The number of fused-ring (bicyclic) bond motifs is 1. The van der Waals surface area contributed by atoms with Crippen molar-refractivity contribution in [2.45, 2.75) is 26.4 Å². The molecule has 0 aliphatic rings. The van der Waals surface area contributed by atoms with Crippen molar-refractivity contribution in [3.63, 3.8) is 0 Å². The molecule has 0 saturated heterocycles. The number of nitrogens with zero attached hydrogens (tertiary/aromatic N) is 3. The van der Waals surface area contributed by atoms with Crippen LogP contribution in [-0.4, -0.2) is 45.2 Å². The number of ketones is 1. The van der Waals surface area contributed by atoms with Gasteiger partial charge in [-0.1, -0.05) is 36.4 Å². The molecule has 1 aromatic carbocycles. The Hall–Kier alpha value is -4.53. The van der Waals surface area contributed by atoms with Crippen molar-refractivity contribution < 1.29 is 23.9 Å². The molecule has 0 unspecified atom stereocenters. The van der Waals surface area contributed by atoms with Crippen LogP contribution in [0.1, 0.15) is 47.3 Å². The van der Waals surface area contributed by atoms with E-state index in [1.165, 1.54) is 23.8 Å². The number of rotatable bonds is 5. The molecule has 0 radical (unpaired) electrons. The van der Waals surface area contributed by atoms with Crippen LogP contribution in [0.2, 0.25) is 0 Å². The third-order valence-corrected chi connectivity index (χ3v) is 4.93. The van der Waals surface area contributed by atoms with Crippen molar-refractivity contribution in [3.05, 3.63) is 83.8 Å². The first kappa shape index (κ1) is 23.6. The van der Waals surface area contributed by atoms with Gasteiger partial charge < -0.3 is 9.47 Å². The number of pyridine rings is 2. The van der Waals surface area contributed by atoms with E-state index in [9.17, 15) is 14.4 Å². The average molecular weight is 473 g/mol. The molecule has 35 heavy (non-hydrogen) atoms. The first-order valence-corrected chi connectivity index (χ1v) is 10.8. The summed E-state index contributed by atoms with van der Waals surface area (Å²) in [4.78, 5) is 42.0. The number of carbonyl (C=O) groups excluding carboxylic acids is 3. The number of aromatic nitrogens is 3. The van der Waals surface area contributed by atoms with E-state index >= 15 is 0 Å². The SMILES string of the molecule is COC(=O)c1cccc(C(=O)c2c(-c3ccccc3)nn3cc(NC(=O)OC(C)(C)C)ccc23)n1. The molecule has 4 aromatic rings. The second kappa shape index (κ2) is 9.38. The van der Waals surface area contributed by atoms with Gasteiger partial charge in [-0.25, -0.2) is 19.1 Å². The lowest BCUT2D eigenvalue weighted by Gasteiger charge is -2.19. The number of anilines is 1. The summed E-state index contributed by atoms with van der Waals surface area (Å²) < 4.78 is 11.6. The smallest absolute Gasteiger partial charge is 0.412 e. The fraction of sp³-hybridized carbons (Fsp3) is 0.192. The van der Waals surface area contributed by atoms with Crippen LogP contribution in [0, 0.1) is 0 Å². The summed E-state index contributed by atoms with van der Waals surface area (Å²) in [5, 5.41) is 7.31. The molecule has 3 aromatic heterocycles. The highest BCUT2D eigenvalue weighted by atomic mass is 16.6. The van der Waals surface area contributed by atoms with Crippen molar-refractivity contribution in [1.82, 2.24) is 14.6 Å². The van der Waals surface area contributed by atoms with E-state index in [1.54, 1.807) is 45.2 Å². The molecule has 0 aliphatic heterocycles. The van der Waals surface area contributed by atoms with Crippen molar-refractivity contribution in [1.29, 1.82) is 0 Å². The van der Waals surface area contributed by atoms with Crippen LogP contribution in [0.25, 0.3) is 16.8 Å². The van der Waals surface area contributed by atoms with Gasteiger partial charge in [0.15, 0.2) is 0 Å². The average Bonchev–Trinajstić information content (AvgIpc) is 3.21. The van der Waals surface area contributed by atoms with Gasteiger partial charge in [-0.3, -0.25) is 10.1 Å². The summed E-state index contributed by atoms with van der Waals surface area (Å²) in [6.07, 6.45) is 0.994. The summed E-state index contributed by atoms with van der Waals surface area (Å²) in [6, 6.07) is 17.2. The van der Waals surface area contributed by atoms with Crippen molar-refractivity contribution in [2.24, 2.45) is 0 Å². The first-order chi connectivity index (χ1) is 16.7. The number of hydrogen-bond acceptors (Lipinski definition) is 7. The normalized spacial score (nSPS) is 11.2. The minimum atomic E-state index is -0.647. The number of benzene rings is 1. The fourth-order valence-corrected chi connectivity index (χ4v) is 3.47. The second-order valence-electron chi connectivity index (χ2n) is 8.69. The Morgan fingerprint density at radius 3 is 2.31 bits per heavy atom. The molecule has 0 bridgehead atoms. The molecular formula is C26H24N4O5. The van der Waals surface area contributed by atoms with Gasteiger partial charge in [-0.05, 0) is 45.0 Å². The van der Waals surface area contributed by atoms with Gasteiger partial charge in [0.1, 0.15) is 22.7 Å². The largest absolute Gasteiger partial charge is 0.464 e. The predicted molar refractivity (Wildman–Crippen MR) is 129 cm³/mol. The van der Waals surface area contributed by atoms with E-state index < -0.39 is 23.4 Å². The fourth-order valence-electron chi connectivity index (χ4n) is 3.47. The topological polar surface area (TPSA) is 112 Å². The van der Waals surface area contributed by atoms with Crippen LogP contribution < -0.4 is 5.32 Å². The van der Waals surface area contributed by atoms with E-state index in [1.807, 2.05) is 30.3 Å². The standard InChI is InChI=1S/C26H24N4O5/c1-26(2,3)35-25(33)27-17-13-14-20-21(22(29-30(20)15-17)16-9-6-5-7-10-16)23(31)18-11-8-12-19(28-18)24(32)34-4/h5-15H,1-4H3,(H,27,33). The van der Waals surface area contributed by atoms with Crippen LogP contribution in [0.5, 0.6) is 0 Å². The summed E-state index contributed by atoms with van der Waals surface area (Å²) in [5.74, 6) is -1.04. The van der Waals surface area contributed by atoms with Gasteiger partial charge >= 0.3 is 12.1 Å². The maximum atomic E-state index is 13.6. The van der Waals surface area contributed by atoms with Crippen LogP contribution in [0.3, 0.4) is 0 Å². The molecular weight excluding hydrogens is 448 g/mol. The molecule has 0 atom stereocenters. The molecule has 1 N–H and O–H groups in total. The van der Waals surface area contributed by atoms with Gasteiger partial charge in [-0.2, -0.15) is 5.10 Å². The lowest BCUT2D eigenvalue weighted by molar-refractivity contribution is 0.0591. The number of ether oxygens (including phenoxy) is 2. The van der Waals surface area contributed by atoms with Gasteiger partial charge in [0.2, 0.25) is 5.78 Å². The monoisotopic (exact) mass is 472 g/mol. The third kappa shape index (κ3) is 5.19. The van der Waals surface area contributed by atoms with Gasteiger partial charge in [0.05, 0.1) is 30.1 Å². The van der Waals surface area contributed by atoms with E-state index in [0.717, 1.165) is 5.56 Å². The van der Waals surface area contributed by atoms with Gasteiger partial charge in [0, 0.05) is 5.56 Å². The summed E-state index contributed by atoms with van der Waals surface area (Å²) in [7, 11) is 1.25. The zero-order valence-electron chi connectivity index (χ0n) is 19.7. The second-order valence-corrected chi connectivity index (χ2v) is 8.69. The quantitative estimate of drug-likeness (QED) is 0.329. The Morgan fingerprint density at radius 1 is 0.914 bits per heavy atom. The first-order valence-electron chi connectivity index (χ1n) is 10.8. The zero-order chi connectivity index (χ0) is 25.2. The highest BCUT2D eigenvalue weighted by Gasteiger charge is 2.24. The molecule has 9 nitrogen and oxygen atoms in total. The number of esters is 1. The van der Waals surface area contributed by atoms with Crippen molar-refractivity contribution in [2.75, 3.05) is 12.4 Å². The molecule has 0 fully saturated rings. The maximum Gasteiger partial charge on any atom is 0.412 e. The van der Waals surface area contributed by atoms with E-state index in [-0.39, 0.29) is 11.4 Å². The van der Waals surface area contributed by atoms with Crippen LogP contribution >= 0.6 is 0 Å². The van der Waals surface area contributed by atoms with Crippen LogP contribution in [-0.2, 0) is 9.47 Å². The molecule has 1 amide bonds. The van der Waals surface area contributed by atoms with Crippen molar-refractivity contribution >= 4 is 29.0 Å². The Morgan fingerprint density at radius 2 is 1.63 bits per heavy atom. The van der Waals surface area contributed by atoms with Crippen molar-refractivity contribution in [3.8, 4) is 11.3 Å². The Kier molecular flexibility index (Phi) is 6.33. The predicted octanol–water partition coefficient (Wildman–Crippen LogP) is 4.76. The molecule has 9 heteroatoms. The summed E-state index contributed by atoms with van der Waals surface area (Å²) >= 11 is 0. The highest BCUT2D eigenvalue weighted by molar-refractivity contribution is 6.16. The zero-order valence-corrected chi connectivity index (χ0v) is 19.7. The number of carbonyl (C=O) groups is 3. The molecule has 0 aliphatic carbocycles. The Balaban J connectivity index is 1.80. The lowest BCUT2D eigenvalue weighted by Crippen LogP contribution is -2.27. The number of hydrogen-bond donors (Lipinski definition) is 1. The Bertz CT molecular complexity index is 1420. The third-order valence-electron chi connectivity index (χ3n) is 4.93. The summed E-state index contributed by atoms with van der Waals surface area (Å²) in [5.41, 5.74) is 1.89. The molecule has 0 saturated carbocycles. The number of methoxy groups -OCH3 is 1. The molecule has 178 valence electrons. The van der Waals surface area contributed by atoms with E-state index in [4.69, 9.17) is 9.47 Å². The number of amides is 1. The minimum Gasteiger partial charge on any atom is -0.464 e. The maximum absolute atomic E-state index is 13.6. The van der Waals surface area contributed by atoms with E-state index in [2.05, 4.69) is 15.4 Å². The highest BCUT2D eigenvalue weighted by Crippen LogP contribution is 2.29. The lowest BCUT2D eigenvalue weighted by atomic mass is 10.0. The summed E-state index contributed by atoms with van der Waals surface area (Å²) in [6.45, 7) is 5.32. The number of nitrogens with one attached hydrogen (secondary N) is 1. The molecule has 0 spiro atoms. The van der Waals surface area contributed by atoms with Crippen LogP contribution in [0.15, 0.2) is 66.9 Å². The van der Waals surface area contributed by atoms with E-state index in [0.29, 0.717) is 22.5 Å². The molecule has 4 rings (SSSR count). The van der Waals surface area contributed by atoms with Gasteiger partial charge in [0.25, 0.3) is 0 Å².